The lowest BCUT2D eigenvalue weighted by Gasteiger charge is -2.07. The average Bonchev–Trinajstić information content (AvgIpc) is 2.03. The van der Waals surface area contributed by atoms with Gasteiger partial charge < -0.3 is 10.5 Å². The second kappa shape index (κ2) is 4.61. The number of hydrogen-bond donors (Lipinski definition) is 1. The molecular weight excluding hydrogens is 380 g/mol. The number of nitrogens with two attached hydrogens (primary N) is 1. The standard InChI is InChI=1S/C8H9I2NO/c1-12-8-6(9)2-5(4-11)3-7(8)10/h2-3H,4,11H2,1H3. The first-order valence-corrected chi connectivity index (χ1v) is 5.56. The van der Waals surface area contributed by atoms with Crippen molar-refractivity contribution in [2.24, 2.45) is 5.73 Å². The lowest BCUT2D eigenvalue weighted by Crippen LogP contribution is -1.99. The Labute approximate surface area is 99.1 Å². The Balaban J connectivity index is 3.18. The third kappa shape index (κ3) is 2.23. The third-order valence-electron chi connectivity index (χ3n) is 1.50. The SMILES string of the molecule is COc1c(I)cc(CN)cc1I. The van der Waals surface area contributed by atoms with Gasteiger partial charge in [0.15, 0.2) is 0 Å². The summed E-state index contributed by atoms with van der Waals surface area (Å²) in [5.41, 5.74) is 6.67. The van der Waals surface area contributed by atoms with Crippen LogP contribution in [-0.2, 0) is 6.54 Å². The minimum atomic E-state index is 0.579. The second-order valence-corrected chi connectivity index (χ2v) is 4.62. The first kappa shape index (κ1) is 10.5. The number of ether oxygens (including phenoxy) is 1. The van der Waals surface area contributed by atoms with Gasteiger partial charge in [-0.3, -0.25) is 0 Å². The van der Waals surface area contributed by atoms with E-state index in [0.29, 0.717) is 6.54 Å². The van der Waals surface area contributed by atoms with Gasteiger partial charge in [0.2, 0.25) is 0 Å². The smallest absolute Gasteiger partial charge is 0.145 e. The highest BCUT2D eigenvalue weighted by molar-refractivity contribution is 14.1. The van der Waals surface area contributed by atoms with Gasteiger partial charge in [-0.25, -0.2) is 0 Å². The van der Waals surface area contributed by atoms with Crippen LogP contribution in [0.25, 0.3) is 0 Å². The molecule has 0 aliphatic rings. The molecule has 0 aliphatic carbocycles. The van der Waals surface area contributed by atoms with Crippen molar-refractivity contribution in [1.29, 1.82) is 0 Å². The highest BCUT2D eigenvalue weighted by Crippen LogP contribution is 2.28. The third-order valence-corrected chi connectivity index (χ3v) is 3.10. The van der Waals surface area contributed by atoms with Gasteiger partial charge in [0.25, 0.3) is 0 Å². The van der Waals surface area contributed by atoms with Crippen LogP contribution < -0.4 is 10.5 Å². The van der Waals surface area contributed by atoms with E-state index in [9.17, 15) is 0 Å². The predicted molar refractivity (Wildman–Crippen MR) is 66.3 cm³/mol. The molecule has 0 bridgehead atoms. The topological polar surface area (TPSA) is 35.2 Å². The molecule has 0 atom stereocenters. The molecule has 0 saturated carbocycles. The number of hydrogen-bond acceptors (Lipinski definition) is 2. The van der Waals surface area contributed by atoms with E-state index in [4.69, 9.17) is 10.5 Å². The van der Waals surface area contributed by atoms with Crippen LogP contribution in [0.3, 0.4) is 0 Å². The van der Waals surface area contributed by atoms with Crippen LogP contribution in [0.4, 0.5) is 0 Å². The molecule has 0 spiro atoms. The Morgan fingerprint density at radius 3 is 2.17 bits per heavy atom. The van der Waals surface area contributed by atoms with Crippen molar-refractivity contribution in [2.45, 2.75) is 6.54 Å². The zero-order valence-electron chi connectivity index (χ0n) is 6.60. The van der Waals surface area contributed by atoms with E-state index in [1.54, 1.807) is 7.11 Å². The molecule has 2 nitrogen and oxygen atoms in total. The van der Waals surface area contributed by atoms with Gasteiger partial charge in [0.1, 0.15) is 5.75 Å². The first-order chi connectivity index (χ1) is 5.69. The summed E-state index contributed by atoms with van der Waals surface area (Å²) in [6, 6.07) is 4.09. The van der Waals surface area contributed by atoms with Crippen LogP contribution in [0.1, 0.15) is 5.56 Å². The van der Waals surface area contributed by atoms with Gasteiger partial charge in [-0.05, 0) is 62.9 Å². The van der Waals surface area contributed by atoms with E-state index in [0.717, 1.165) is 18.5 Å². The maximum absolute atomic E-state index is 5.53. The van der Waals surface area contributed by atoms with Crippen LogP contribution in [0.2, 0.25) is 0 Å². The zero-order valence-corrected chi connectivity index (χ0v) is 10.9. The van der Waals surface area contributed by atoms with Crippen molar-refractivity contribution in [2.75, 3.05) is 7.11 Å². The summed E-state index contributed by atoms with van der Waals surface area (Å²) in [4.78, 5) is 0. The normalized spacial score (nSPS) is 10.0. The van der Waals surface area contributed by atoms with Crippen molar-refractivity contribution >= 4 is 45.2 Å². The van der Waals surface area contributed by atoms with E-state index in [1.807, 2.05) is 12.1 Å². The molecule has 12 heavy (non-hydrogen) atoms. The summed E-state index contributed by atoms with van der Waals surface area (Å²) in [5, 5.41) is 0. The van der Waals surface area contributed by atoms with E-state index in [1.165, 1.54) is 0 Å². The number of rotatable bonds is 2. The molecule has 0 fully saturated rings. The Bertz CT molecular complexity index is 265. The molecule has 0 aliphatic heterocycles. The van der Waals surface area contributed by atoms with Crippen molar-refractivity contribution in [3.05, 3.63) is 24.8 Å². The van der Waals surface area contributed by atoms with Crippen LogP contribution in [0.15, 0.2) is 12.1 Å². The summed E-state index contributed by atoms with van der Waals surface area (Å²) in [6.45, 7) is 0.579. The van der Waals surface area contributed by atoms with Gasteiger partial charge in [0.05, 0.1) is 14.3 Å². The molecule has 66 valence electrons. The summed E-state index contributed by atoms with van der Waals surface area (Å²) >= 11 is 4.50. The molecule has 1 aromatic rings. The Morgan fingerprint density at radius 2 is 1.83 bits per heavy atom. The van der Waals surface area contributed by atoms with Crippen molar-refractivity contribution in [3.63, 3.8) is 0 Å². The molecule has 4 heteroatoms. The van der Waals surface area contributed by atoms with Crippen LogP contribution in [-0.4, -0.2) is 7.11 Å². The first-order valence-electron chi connectivity index (χ1n) is 3.41. The molecular formula is C8H9I2NO. The fraction of sp³-hybridized carbons (Fsp3) is 0.250. The van der Waals surface area contributed by atoms with Gasteiger partial charge in [-0.1, -0.05) is 0 Å². The van der Waals surface area contributed by atoms with Crippen LogP contribution in [0.5, 0.6) is 5.75 Å². The molecule has 2 N–H and O–H groups in total. The van der Waals surface area contributed by atoms with E-state index in [2.05, 4.69) is 45.2 Å². The fourth-order valence-electron chi connectivity index (χ4n) is 0.925. The van der Waals surface area contributed by atoms with Crippen molar-refractivity contribution in [3.8, 4) is 5.75 Å². The van der Waals surface area contributed by atoms with Crippen molar-refractivity contribution in [1.82, 2.24) is 0 Å². The average molecular weight is 389 g/mol. The Kier molecular flexibility index (Phi) is 4.04. The number of benzene rings is 1. The van der Waals surface area contributed by atoms with E-state index < -0.39 is 0 Å². The quantitative estimate of drug-likeness (QED) is 0.789. The molecule has 1 aromatic carbocycles. The maximum atomic E-state index is 5.53. The predicted octanol–water partition coefficient (Wildman–Crippen LogP) is 2.36. The van der Waals surface area contributed by atoms with Gasteiger partial charge in [-0.15, -0.1) is 0 Å². The summed E-state index contributed by atoms with van der Waals surface area (Å²) in [6.07, 6.45) is 0. The van der Waals surface area contributed by atoms with Crippen molar-refractivity contribution < 1.29 is 4.74 Å². The summed E-state index contributed by atoms with van der Waals surface area (Å²) < 4.78 is 7.45. The van der Waals surface area contributed by atoms with E-state index >= 15 is 0 Å². The minimum absolute atomic E-state index is 0.579. The Hall–Kier alpha value is 0.440. The number of methoxy groups -OCH3 is 1. The van der Waals surface area contributed by atoms with Crippen LogP contribution >= 0.6 is 45.2 Å². The zero-order chi connectivity index (χ0) is 9.14. The maximum Gasteiger partial charge on any atom is 0.145 e. The summed E-state index contributed by atoms with van der Waals surface area (Å²) in [5.74, 6) is 0.938. The second-order valence-electron chi connectivity index (χ2n) is 2.30. The van der Waals surface area contributed by atoms with E-state index in [-0.39, 0.29) is 0 Å². The molecule has 0 unspecified atom stereocenters. The monoisotopic (exact) mass is 389 g/mol. The molecule has 0 aromatic heterocycles. The molecule has 0 amide bonds. The van der Waals surface area contributed by atoms with Crippen LogP contribution in [0, 0.1) is 7.14 Å². The summed E-state index contributed by atoms with van der Waals surface area (Å²) in [7, 11) is 1.68. The lowest BCUT2D eigenvalue weighted by molar-refractivity contribution is 0.408. The highest BCUT2D eigenvalue weighted by Gasteiger charge is 2.05. The van der Waals surface area contributed by atoms with Gasteiger partial charge in [-0.2, -0.15) is 0 Å². The molecule has 0 heterocycles. The Morgan fingerprint density at radius 1 is 1.33 bits per heavy atom. The van der Waals surface area contributed by atoms with Gasteiger partial charge in [0, 0.05) is 6.54 Å². The fourth-order valence-corrected chi connectivity index (χ4v) is 3.26. The number of halogens is 2. The highest BCUT2D eigenvalue weighted by atomic mass is 127. The molecule has 0 saturated heterocycles. The lowest BCUT2D eigenvalue weighted by atomic mass is 10.2. The minimum Gasteiger partial charge on any atom is -0.495 e. The van der Waals surface area contributed by atoms with Gasteiger partial charge >= 0.3 is 0 Å². The molecule has 1 rings (SSSR count). The molecule has 0 radical (unpaired) electrons. The largest absolute Gasteiger partial charge is 0.495 e.